The van der Waals surface area contributed by atoms with Crippen LogP contribution in [0.3, 0.4) is 0 Å². The van der Waals surface area contributed by atoms with Crippen molar-refractivity contribution in [3.8, 4) is 0 Å². The second-order valence-electron chi connectivity index (χ2n) is 8.75. The van der Waals surface area contributed by atoms with Crippen LogP contribution in [0.1, 0.15) is 47.8 Å². The van der Waals surface area contributed by atoms with Gasteiger partial charge in [-0.1, -0.05) is 50.2 Å². The number of carbonyl (C=O) groups excluding carboxylic acids is 1. The number of amides is 1. The van der Waals surface area contributed by atoms with Gasteiger partial charge in [-0.2, -0.15) is 4.31 Å². The third kappa shape index (κ3) is 5.73. The highest BCUT2D eigenvalue weighted by Crippen LogP contribution is 2.24. The molecule has 0 unspecified atom stereocenters. The molecule has 6 nitrogen and oxygen atoms in total. The van der Waals surface area contributed by atoms with Crippen LogP contribution in [0, 0.1) is 12.8 Å². The molecule has 1 fully saturated rings. The summed E-state index contributed by atoms with van der Waals surface area (Å²) in [6.45, 7) is 8.39. The van der Waals surface area contributed by atoms with Crippen LogP contribution in [0.4, 0.5) is 0 Å². The van der Waals surface area contributed by atoms with Gasteiger partial charge in [0.15, 0.2) is 0 Å². The number of carbonyl (C=O) groups is 1. The predicted octanol–water partition coefficient (Wildman–Crippen LogP) is 3.45. The number of sulfonamides is 1. The third-order valence-corrected chi connectivity index (χ3v) is 7.66. The SMILES string of the molecule is Cc1ccc(S(=O)(=O)N2CCN(C)CC2)cc1C(=O)N[C@H](CC(C)C)c1ccccc1. The molecule has 1 aliphatic heterocycles. The molecular formula is C24H33N3O3S. The molecular weight excluding hydrogens is 410 g/mol. The van der Waals surface area contributed by atoms with E-state index in [-0.39, 0.29) is 16.8 Å². The smallest absolute Gasteiger partial charge is 0.252 e. The second-order valence-corrected chi connectivity index (χ2v) is 10.7. The summed E-state index contributed by atoms with van der Waals surface area (Å²) < 4.78 is 27.8. The zero-order chi connectivity index (χ0) is 22.6. The van der Waals surface area contributed by atoms with Crippen molar-refractivity contribution in [1.82, 2.24) is 14.5 Å². The molecule has 7 heteroatoms. The highest BCUT2D eigenvalue weighted by molar-refractivity contribution is 7.89. The fourth-order valence-corrected chi connectivity index (χ4v) is 5.30. The van der Waals surface area contributed by atoms with Gasteiger partial charge >= 0.3 is 0 Å². The molecule has 1 amide bonds. The Bertz CT molecular complexity index is 998. The molecule has 1 saturated heterocycles. The molecule has 0 spiro atoms. The van der Waals surface area contributed by atoms with E-state index in [9.17, 15) is 13.2 Å². The zero-order valence-electron chi connectivity index (χ0n) is 18.8. The van der Waals surface area contributed by atoms with Crippen molar-refractivity contribution in [3.63, 3.8) is 0 Å². The maximum absolute atomic E-state index is 13.2. The van der Waals surface area contributed by atoms with Crippen LogP contribution in [0.2, 0.25) is 0 Å². The maximum Gasteiger partial charge on any atom is 0.252 e. The molecule has 1 N–H and O–H groups in total. The van der Waals surface area contributed by atoms with Gasteiger partial charge in [0.1, 0.15) is 0 Å². The van der Waals surface area contributed by atoms with Gasteiger partial charge in [0.05, 0.1) is 10.9 Å². The van der Waals surface area contributed by atoms with Crippen LogP contribution in [0.15, 0.2) is 53.4 Å². The molecule has 1 heterocycles. The van der Waals surface area contributed by atoms with E-state index < -0.39 is 10.0 Å². The van der Waals surface area contributed by atoms with Gasteiger partial charge in [-0.05, 0) is 49.6 Å². The number of aryl methyl sites for hydroxylation is 1. The molecule has 0 bridgehead atoms. The summed E-state index contributed by atoms with van der Waals surface area (Å²) in [5, 5.41) is 3.13. The minimum atomic E-state index is -3.63. The number of nitrogens with zero attached hydrogens (tertiary/aromatic N) is 2. The average Bonchev–Trinajstić information content (AvgIpc) is 2.74. The Morgan fingerprint density at radius 3 is 2.29 bits per heavy atom. The number of likely N-dealkylation sites (N-methyl/N-ethyl adjacent to an activating group) is 1. The first-order valence-electron chi connectivity index (χ1n) is 10.8. The summed E-state index contributed by atoms with van der Waals surface area (Å²) in [6, 6.07) is 14.6. The molecule has 0 radical (unpaired) electrons. The van der Waals surface area contributed by atoms with E-state index in [0.29, 0.717) is 37.7 Å². The minimum Gasteiger partial charge on any atom is -0.345 e. The second kappa shape index (κ2) is 9.94. The number of hydrogen-bond acceptors (Lipinski definition) is 4. The first-order chi connectivity index (χ1) is 14.7. The van der Waals surface area contributed by atoms with Gasteiger partial charge in [-0.15, -0.1) is 0 Å². The van der Waals surface area contributed by atoms with E-state index in [1.807, 2.05) is 44.3 Å². The molecule has 0 saturated carbocycles. The largest absolute Gasteiger partial charge is 0.345 e. The van der Waals surface area contributed by atoms with Crippen molar-refractivity contribution in [3.05, 3.63) is 65.2 Å². The van der Waals surface area contributed by atoms with Gasteiger partial charge in [0.2, 0.25) is 10.0 Å². The van der Waals surface area contributed by atoms with Crippen molar-refractivity contribution in [2.75, 3.05) is 33.2 Å². The molecule has 1 aliphatic rings. The highest BCUT2D eigenvalue weighted by atomic mass is 32.2. The van der Waals surface area contributed by atoms with Crippen LogP contribution in [-0.4, -0.2) is 56.8 Å². The van der Waals surface area contributed by atoms with Crippen LogP contribution >= 0.6 is 0 Å². The molecule has 2 aromatic rings. The van der Waals surface area contributed by atoms with Crippen LogP contribution < -0.4 is 5.32 Å². The monoisotopic (exact) mass is 443 g/mol. The normalized spacial score (nSPS) is 16.9. The van der Waals surface area contributed by atoms with Crippen molar-refractivity contribution < 1.29 is 13.2 Å². The van der Waals surface area contributed by atoms with Gasteiger partial charge in [-0.25, -0.2) is 8.42 Å². The molecule has 1 atom stereocenters. The summed E-state index contributed by atoms with van der Waals surface area (Å²) in [5.41, 5.74) is 2.20. The summed E-state index contributed by atoms with van der Waals surface area (Å²) in [4.78, 5) is 15.5. The lowest BCUT2D eigenvalue weighted by Gasteiger charge is -2.31. The lowest BCUT2D eigenvalue weighted by atomic mass is 9.96. The summed E-state index contributed by atoms with van der Waals surface area (Å²) in [5.74, 6) is 0.151. The van der Waals surface area contributed by atoms with Crippen molar-refractivity contribution in [1.29, 1.82) is 0 Å². The third-order valence-electron chi connectivity index (χ3n) is 5.77. The Morgan fingerprint density at radius 2 is 1.68 bits per heavy atom. The molecule has 2 aromatic carbocycles. The molecule has 31 heavy (non-hydrogen) atoms. The molecule has 0 aliphatic carbocycles. The molecule has 168 valence electrons. The topological polar surface area (TPSA) is 69.7 Å². The van der Waals surface area contributed by atoms with E-state index in [1.54, 1.807) is 12.1 Å². The number of nitrogens with one attached hydrogen (secondary N) is 1. The standard InChI is InChI=1S/C24H33N3O3S/c1-18(2)16-23(20-8-6-5-7-9-20)25-24(28)22-17-21(11-10-19(22)3)31(29,30)27-14-12-26(4)13-15-27/h5-11,17-18,23H,12-16H2,1-4H3,(H,25,28)/t23-/m1/s1. The lowest BCUT2D eigenvalue weighted by Crippen LogP contribution is -2.47. The summed E-state index contributed by atoms with van der Waals surface area (Å²) in [7, 11) is -1.65. The van der Waals surface area contributed by atoms with E-state index in [2.05, 4.69) is 24.1 Å². The minimum absolute atomic E-state index is 0.133. The fourth-order valence-electron chi connectivity index (χ4n) is 3.85. The van der Waals surface area contributed by atoms with Gasteiger partial charge in [0.25, 0.3) is 5.91 Å². The maximum atomic E-state index is 13.2. The van der Waals surface area contributed by atoms with Gasteiger partial charge in [0, 0.05) is 31.7 Å². The Hall–Kier alpha value is -2.22. The molecule has 0 aromatic heterocycles. The van der Waals surface area contributed by atoms with Gasteiger partial charge in [-0.3, -0.25) is 4.79 Å². The highest BCUT2D eigenvalue weighted by Gasteiger charge is 2.28. The van der Waals surface area contributed by atoms with E-state index >= 15 is 0 Å². The van der Waals surface area contributed by atoms with E-state index in [4.69, 9.17) is 0 Å². The number of piperazine rings is 1. The first-order valence-corrected chi connectivity index (χ1v) is 12.3. The van der Waals surface area contributed by atoms with Crippen LogP contribution in [0.25, 0.3) is 0 Å². The Morgan fingerprint density at radius 1 is 1.03 bits per heavy atom. The summed E-state index contributed by atoms with van der Waals surface area (Å²) in [6.07, 6.45) is 0.800. The number of benzene rings is 2. The van der Waals surface area contributed by atoms with Gasteiger partial charge < -0.3 is 10.2 Å². The number of hydrogen-bond donors (Lipinski definition) is 1. The Balaban J connectivity index is 1.85. The van der Waals surface area contributed by atoms with Crippen LogP contribution in [-0.2, 0) is 10.0 Å². The average molecular weight is 444 g/mol. The van der Waals surface area contributed by atoms with Crippen molar-refractivity contribution >= 4 is 15.9 Å². The molecule has 3 rings (SSSR count). The predicted molar refractivity (Wildman–Crippen MR) is 124 cm³/mol. The van der Waals surface area contributed by atoms with Crippen molar-refractivity contribution in [2.45, 2.75) is 38.1 Å². The lowest BCUT2D eigenvalue weighted by molar-refractivity contribution is 0.0931. The fraction of sp³-hybridized carbons (Fsp3) is 0.458. The first kappa shape index (κ1) is 23.4. The summed E-state index contributed by atoms with van der Waals surface area (Å²) >= 11 is 0. The van der Waals surface area contributed by atoms with E-state index in [1.165, 1.54) is 10.4 Å². The quantitative estimate of drug-likeness (QED) is 0.712. The van der Waals surface area contributed by atoms with Crippen LogP contribution in [0.5, 0.6) is 0 Å². The van der Waals surface area contributed by atoms with E-state index in [0.717, 1.165) is 17.5 Å². The Kier molecular flexibility index (Phi) is 7.51. The number of rotatable bonds is 7. The van der Waals surface area contributed by atoms with Crippen molar-refractivity contribution in [2.24, 2.45) is 5.92 Å². The Labute approximate surface area is 186 Å². The zero-order valence-corrected chi connectivity index (χ0v) is 19.7.